The number of rotatable bonds is 27. The summed E-state index contributed by atoms with van der Waals surface area (Å²) in [5.41, 5.74) is 2.83. The Labute approximate surface area is 614 Å². The van der Waals surface area contributed by atoms with Crippen LogP contribution in [-0.2, 0) is 137 Å². The molecular weight excluding hydrogens is 1480 g/mol. The molecule has 30 unspecified atom stereocenters. The standard InChI is InChI=1S/C69H102IN3O30/c1-19-34-20-22-35(23-21-34)38-27-73(72-71-38)36-24-25-37(70)39(26-36)91-33-45-51-57(84-12)63(90-18)69(97-45)102-50-44(32-78-6)95-67(61(88-16)56(50)83-11)100-48-42(30-76-4)93-65(59(86-14)54(48)81-9)98-46-40(28-74-2)92-64(58(85-13)52(46)79-7)99-47-41(29-75-3)94-66(60(87-15)53(47)80-8)101-49-43(31-77-5)96-68(103-51)62(89-17)55(49)82-10/h1,20-27,40-69H,28-33H2,2-18H3. The molecule has 0 saturated carbocycles. The summed E-state index contributed by atoms with van der Waals surface area (Å²) in [7, 11) is 25.8. The second kappa shape index (κ2) is 39.2. The molecule has 33 nitrogen and oxygen atoms in total. The van der Waals surface area contributed by atoms with Crippen molar-refractivity contribution in [2.75, 3.05) is 161 Å². The van der Waals surface area contributed by atoms with E-state index in [1.165, 1.54) is 121 Å². The van der Waals surface area contributed by atoms with Crippen molar-refractivity contribution in [1.82, 2.24) is 15.0 Å². The lowest BCUT2D eigenvalue weighted by atomic mass is 9.94. The summed E-state index contributed by atoms with van der Waals surface area (Å²) in [6, 6.07) is 13.1. The van der Waals surface area contributed by atoms with Crippen molar-refractivity contribution < 1.29 is 142 Å². The molecule has 30 atom stereocenters. The van der Waals surface area contributed by atoms with Crippen LogP contribution in [0.4, 0.5) is 0 Å². The van der Waals surface area contributed by atoms with E-state index in [9.17, 15) is 0 Å². The molecule has 1 aromatic heterocycles. The zero-order valence-electron chi connectivity index (χ0n) is 61.2. The Kier molecular flexibility index (Phi) is 31.2. The Morgan fingerprint density at radius 2 is 0.631 bits per heavy atom. The fraction of sp³-hybridized carbons (Fsp3) is 0.768. The van der Waals surface area contributed by atoms with Gasteiger partial charge in [0.1, 0.15) is 165 Å². The van der Waals surface area contributed by atoms with Gasteiger partial charge in [0.2, 0.25) is 0 Å². The summed E-state index contributed by atoms with van der Waals surface area (Å²) < 4.78 is 199. The highest BCUT2D eigenvalue weighted by molar-refractivity contribution is 14.1. The predicted molar refractivity (Wildman–Crippen MR) is 363 cm³/mol. The van der Waals surface area contributed by atoms with Gasteiger partial charge in [-0.25, -0.2) is 4.68 Å². The maximum atomic E-state index is 7.26. The number of hydrogen-bond donors (Lipinski definition) is 0. The summed E-state index contributed by atoms with van der Waals surface area (Å²) >= 11 is 2.20. The van der Waals surface area contributed by atoms with Crippen molar-refractivity contribution in [3.05, 3.63) is 57.8 Å². The SMILES string of the molecule is C#Cc1ccc(-c2cn(-c3ccc(I)c(OCC4OC5OC6C(COC)OC(OC7C(COC)OC(OC8C(COC)OC(OC9C(COC)OC(OC%10C(COC)OC(OC4C(OC)C5OC)C(OC)C%10OC)C(OC)C9OC)C(OC)C8OC)C(OC)C7OC)C(OC)C6OC)c3)nn2)cc1. The zero-order chi connectivity index (χ0) is 73.6. The molecule has 34 heteroatoms. The normalized spacial score (nSPS) is 39.6. The van der Waals surface area contributed by atoms with Gasteiger partial charge in [-0.15, -0.1) is 11.5 Å². The van der Waals surface area contributed by atoms with E-state index in [2.05, 4.69) is 38.8 Å². The van der Waals surface area contributed by atoms with Crippen LogP contribution in [0.15, 0.2) is 48.7 Å². The molecule has 22 aliphatic heterocycles. The molecule has 580 valence electrons. The van der Waals surface area contributed by atoms with E-state index in [1.807, 2.05) is 48.7 Å². The molecule has 22 saturated heterocycles. The van der Waals surface area contributed by atoms with Gasteiger partial charge in [0.25, 0.3) is 0 Å². The Morgan fingerprint density at radius 1 is 0.359 bits per heavy atom. The van der Waals surface area contributed by atoms with Crippen LogP contribution in [0.1, 0.15) is 5.56 Å². The van der Waals surface area contributed by atoms with E-state index in [4.69, 9.17) is 149 Å². The predicted octanol–water partition coefficient (Wildman–Crippen LogP) is 1.99. The minimum absolute atomic E-state index is 0.0261. The second-order valence-electron chi connectivity index (χ2n) is 25.2. The van der Waals surface area contributed by atoms with Crippen molar-refractivity contribution in [1.29, 1.82) is 0 Å². The molecule has 0 amide bonds. The minimum Gasteiger partial charge on any atom is -0.490 e. The Bertz CT molecular complexity index is 3040. The van der Waals surface area contributed by atoms with Crippen molar-refractivity contribution in [2.45, 2.75) is 184 Å². The van der Waals surface area contributed by atoms with E-state index in [0.717, 1.165) is 14.7 Å². The molecule has 23 heterocycles. The largest absolute Gasteiger partial charge is 0.490 e. The van der Waals surface area contributed by atoms with Crippen LogP contribution >= 0.6 is 22.6 Å². The first-order valence-corrected chi connectivity index (χ1v) is 34.8. The van der Waals surface area contributed by atoms with Crippen LogP contribution in [0.5, 0.6) is 5.75 Å². The van der Waals surface area contributed by atoms with Gasteiger partial charge in [-0.3, -0.25) is 0 Å². The Morgan fingerprint density at radius 3 is 0.883 bits per heavy atom. The van der Waals surface area contributed by atoms with Crippen LogP contribution in [0.3, 0.4) is 0 Å². The van der Waals surface area contributed by atoms with Crippen LogP contribution < -0.4 is 4.74 Å². The van der Waals surface area contributed by atoms with E-state index in [-0.39, 0.29) is 39.6 Å². The third kappa shape index (κ3) is 17.9. The number of nitrogens with zero attached hydrogens (tertiary/aromatic N) is 3. The van der Waals surface area contributed by atoms with Crippen molar-refractivity contribution in [2.24, 2.45) is 0 Å². The van der Waals surface area contributed by atoms with E-state index < -0.39 is 184 Å². The molecule has 22 fully saturated rings. The van der Waals surface area contributed by atoms with E-state index in [0.29, 0.717) is 17.1 Å². The highest BCUT2D eigenvalue weighted by atomic mass is 127. The van der Waals surface area contributed by atoms with Crippen molar-refractivity contribution in [3.63, 3.8) is 0 Å². The summed E-state index contributed by atoms with van der Waals surface area (Å²) in [5, 5.41) is 8.94. The number of aromatic nitrogens is 3. The molecular formula is C69H102IN3O30. The number of benzene rings is 2. The number of ether oxygens (including phenoxy) is 30. The minimum atomic E-state index is -1.31. The monoisotopic (exact) mass is 1580 g/mol. The highest BCUT2D eigenvalue weighted by Crippen LogP contribution is 2.43. The molecule has 2 aromatic carbocycles. The first-order chi connectivity index (χ1) is 50.2. The van der Waals surface area contributed by atoms with Gasteiger partial charge < -0.3 is 142 Å². The average molecular weight is 1580 g/mol. The maximum Gasteiger partial charge on any atom is 0.187 e. The number of terminal acetylenes is 1. The van der Waals surface area contributed by atoms with Gasteiger partial charge in [0, 0.05) is 138 Å². The fourth-order valence-electron chi connectivity index (χ4n) is 14.7. The first kappa shape index (κ1) is 82.0. The van der Waals surface area contributed by atoms with E-state index in [1.54, 1.807) is 4.68 Å². The number of methoxy groups -OCH3 is 17. The van der Waals surface area contributed by atoms with Crippen LogP contribution in [0.2, 0.25) is 0 Å². The molecule has 0 spiro atoms. The zero-order valence-corrected chi connectivity index (χ0v) is 63.4. The Hall–Kier alpha value is -3.49. The van der Waals surface area contributed by atoms with Crippen molar-refractivity contribution >= 4 is 22.6 Å². The first-order valence-electron chi connectivity index (χ1n) is 33.7. The lowest BCUT2D eigenvalue weighted by Crippen LogP contribution is -2.70. The fourth-order valence-corrected chi connectivity index (χ4v) is 15.2. The molecule has 25 rings (SSSR count). The van der Waals surface area contributed by atoms with Gasteiger partial charge in [0.05, 0.1) is 48.5 Å². The number of halogens is 1. The summed E-state index contributed by atoms with van der Waals surface area (Å²) in [4.78, 5) is 0. The van der Waals surface area contributed by atoms with Crippen molar-refractivity contribution in [3.8, 4) is 35.0 Å². The lowest BCUT2D eigenvalue weighted by molar-refractivity contribution is -0.409. The van der Waals surface area contributed by atoms with Gasteiger partial charge >= 0.3 is 0 Å². The molecule has 22 aliphatic rings. The summed E-state index contributed by atoms with van der Waals surface area (Å²) in [5.74, 6) is 3.11. The molecule has 0 radical (unpaired) electrons. The third-order valence-corrected chi connectivity index (χ3v) is 20.5. The molecule has 0 aliphatic carbocycles. The smallest absolute Gasteiger partial charge is 0.187 e. The molecule has 0 N–H and O–H groups in total. The van der Waals surface area contributed by atoms with Crippen LogP contribution in [0, 0.1) is 15.9 Å². The molecule has 103 heavy (non-hydrogen) atoms. The number of hydrogen-bond acceptors (Lipinski definition) is 32. The third-order valence-electron chi connectivity index (χ3n) is 19.6. The molecule has 3 aromatic rings. The van der Waals surface area contributed by atoms with Gasteiger partial charge in [0.15, 0.2) is 37.7 Å². The highest BCUT2D eigenvalue weighted by Gasteiger charge is 2.61. The lowest BCUT2D eigenvalue weighted by Gasteiger charge is -2.53. The van der Waals surface area contributed by atoms with Crippen LogP contribution in [0.25, 0.3) is 16.9 Å². The molecule has 12 bridgehead atoms. The second-order valence-corrected chi connectivity index (χ2v) is 26.4. The van der Waals surface area contributed by atoms with E-state index >= 15 is 0 Å². The van der Waals surface area contributed by atoms with Gasteiger partial charge in [-0.2, -0.15) is 0 Å². The maximum absolute atomic E-state index is 7.26. The van der Waals surface area contributed by atoms with Gasteiger partial charge in [-0.1, -0.05) is 23.3 Å². The Balaban J connectivity index is 1.07. The van der Waals surface area contributed by atoms with Crippen LogP contribution in [-0.4, -0.2) is 360 Å². The van der Waals surface area contributed by atoms with Gasteiger partial charge in [-0.05, 0) is 46.9 Å². The summed E-state index contributed by atoms with van der Waals surface area (Å²) in [6.07, 6.45) is -24.2. The quantitative estimate of drug-likeness (QED) is 0.0778. The topological polar surface area (TPSA) is 308 Å². The average Bonchev–Trinajstić information content (AvgIpc) is 1.64. The summed E-state index contributed by atoms with van der Waals surface area (Å²) in [6.45, 7) is -0.414.